The Morgan fingerprint density at radius 3 is 2.55 bits per heavy atom. The maximum absolute atomic E-state index is 11.0. The van der Waals surface area contributed by atoms with Crippen molar-refractivity contribution in [3.05, 3.63) is 33.9 Å². The number of nitrogens with one attached hydrogen (secondary N) is 1. The zero-order valence-electron chi connectivity index (χ0n) is 12.5. The molecule has 1 aromatic carbocycles. The van der Waals surface area contributed by atoms with Crippen LogP contribution in [0.4, 0.5) is 11.4 Å². The molecule has 0 spiro atoms. The van der Waals surface area contributed by atoms with Crippen molar-refractivity contribution < 1.29 is 4.92 Å². The molecular weight excluding hydrogens is 254 g/mol. The molecule has 0 aliphatic heterocycles. The Hall–Kier alpha value is -1.62. The highest BCUT2D eigenvalue weighted by Gasteiger charge is 2.35. The van der Waals surface area contributed by atoms with Gasteiger partial charge in [-0.2, -0.15) is 0 Å². The molecule has 5 heteroatoms. The number of rotatable bonds is 5. The number of aryl methyl sites for hydroxylation is 1. The molecule has 0 heterocycles. The number of anilines is 1. The van der Waals surface area contributed by atoms with E-state index in [1.165, 1.54) is 25.7 Å². The highest BCUT2D eigenvalue weighted by molar-refractivity contribution is 5.55. The van der Waals surface area contributed by atoms with Crippen LogP contribution in [0.5, 0.6) is 0 Å². The molecule has 1 aromatic rings. The molecule has 0 saturated heterocycles. The lowest BCUT2D eigenvalue weighted by Crippen LogP contribution is -2.47. The molecule has 0 aromatic heterocycles. The minimum atomic E-state index is -0.322. The van der Waals surface area contributed by atoms with E-state index in [0.717, 1.165) is 12.2 Å². The van der Waals surface area contributed by atoms with Crippen molar-refractivity contribution in [1.82, 2.24) is 4.90 Å². The normalized spacial score (nSPS) is 17.4. The predicted molar refractivity (Wildman–Crippen MR) is 81.2 cm³/mol. The molecule has 1 saturated carbocycles. The summed E-state index contributed by atoms with van der Waals surface area (Å²) < 4.78 is 0. The number of nitro benzene ring substituents is 1. The first-order chi connectivity index (χ1) is 9.44. The van der Waals surface area contributed by atoms with Gasteiger partial charge in [0, 0.05) is 29.4 Å². The topological polar surface area (TPSA) is 58.4 Å². The summed E-state index contributed by atoms with van der Waals surface area (Å²) in [5.41, 5.74) is 1.89. The van der Waals surface area contributed by atoms with E-state index in [0.29, 0.717) is 5.56 Å². The van der Waals surface area contributed by atoms with Crippen molar-refractivity contribution in [3.63, 3.8) is 0 Å². The summed E-state index contributed by atoms with van der Waals surface area (Å²) in [5.74, 6) is 0. The van der Waals surface area contributed by atoms with Crippen molar-refractivity contribution in [1.29, 1.82) is 0 Å². The minimum Gasteiger partial charge on any atom is -0.383 e. The van der Waals surface area contributed by atoms with Crippen molar-refractivity contribution in [2.45, 2.75) is 38.1 Å². The van der Waals surface area contributed by atoms with Gasteiger partial charge in [0.15, 0.2) is 0 Å². The molecule has 0 radical (unpaired) electrons. The third kappa shape index (κ3) is 2.93. The van der Waals surface area contributed by atoms with Crippen LogP contribution in [-0.4, -0.2) is 36.0 Å². The monoisotopic (exact) mass is 277 g/mol. The molecule has 110 valence electrons. The van der Waals surface area contributed by atoms with Gasteiger partial charge in [-0.3, -0.25) is 10.1 Å². The maximum Gasteiger partial charge on any atom is 0.274 e. The van der Waals surface area contributed by atoms with E-state index in [2.05, 4.69) is 24.3 Å². The van der Waals surface area contributed by atoms with Crippen LogP contribution in [0.3, 0.4) is 0 Å². The van der Waals surface area contributed by atoms with E-state index in [9.17, 15) is 10.1 Å². The maximum atomic E-state index is 11.0. The zero-order valence-corrected chi connectivity index (χ0v) is 12.5. The number of likely N-dealkylation sites (N-methyl/N-ethyl adjacent to an activating group) is 1. The van der Waals surface area contributed by atoms with Crippen molar-refractivity contribution in [2.24, 2.45) is 0 Å². The molecule has 0 unspecified atom stereocenters. The SMILES string of the molecule is Cc1ccc(NCC2(N(C)C)CCCC2)cc1[N+](=O)[O-]. The summed E-state index contributed by atoms with van der Waals surface area (Å²) in [7, 11) is 4.23. The number of hydrogen-bond donors (Lipinski definition) is 1. The smallest absolute Gasteiger partial charge is 0.274 e. The second kappa shape index (κ2) is 5.79. The fourth-order valence-electron chi connectivity index (χ4n) is 3.00. The van der Waals surface area contributed by atoms with E-state index < -0.39 is 0 Å². The van der Waals surface area contributed by atoms with Crippen LogP contribution in [0.1, 0.15) is 31.2 Å². The molecule has 20 heavy (non-hydrogen) atoms. The van der Waals surface area contributed by atoms with Crippen molar-refractivity contribution in [3.8, 4) is 0 Å². The number of benzene rings is 1. The van der Waals surface area contributed by atoms with Crippen LogP contribution < -0.4 is 5.32 Å². The van der Waals surface area contributed by atoms with Gasteiger partial charge in [0.05, 0.1) is 4.92 Å². The Bertz CT molecular complexity index is 494. The first kappa shape index (κ1) is 14.8. The summed E-state index contributed by atoms with van der Waals surface area (Å²) in [6.07, 6.45) is 4.88. The predicted octanol–water partition coefficient (Wildman–Crippen LogP) is 3.19. The van der Waals surface area contributed by atoms with Crippen molar-refractivity contribution >= 4 is 11.4 Å². The van der Waals surface area contributed by atoms with Crippen molar-refractivity contribution in [2.75, 3.05) is 26.0 Å². The highest BCUT2D eigenvalue weighted by Crippen LogP contribution is 2.34. The third-order valence-electron chi connectivity index (χ3n) is 4.51. The van der Waals surface area contributed by atoms with Gasteiger partial charge in [0.1, 0.15) is 0 Å². The van der Waals surface area contributed by atoms with Gasteiger partial charge in [0.2, 0.25) is 0 Å². The Morgan fingerprint density at radius 2 is 2.00 bits per heavy atom. The quantitative estimate of drug-likeness (QED) is 0.663. The molecule has 0 atom stereocenters. The van der Waals surface area contributed by atoms with Crippen LogP contribution in [0.2, 0.25) is 0 Å². The van der Waals surface area contributed by atoms with Gasteiger partial charge in [-0.1, -0.05) is 18.9 Å². The fourth-order valence-corrected chi connectivity index (χ4v) is 3.00. The van der Waals surface area contributed by atoms with Gasteiger partial charge in [-0.25, -0.2) is 0 Å². The van der Waals surface area contributed by atoms with Crippen LogP contribution >= 0.6 is 0 Å². The summed E-state index contributed by atoms with van der Waals surface area (Å²) in [6, 6.07) is 5.35. The van der Waals surface area contributed by atoms with Gasteiger partial charge >= 0.3 is 0 Å². The molecular formula is C15H23N3O2. The third-order valence-corrected chi connectivity index (χ3v) is 4.51. The van der Waals surface area contributed by atoms with Crippen LogP contribution in [0, 0.1) is 17.0 Å². The second-order valence-corrected chi connectivity index (χ2v) is 5.94. The van der Waals surface area contributed by atoms with E-state index in [-0.39, 0.29) is 16.1 Å². The number of nitro groups is 1. The lowest BCUT2D eigenvalue weighted by molar-refractivity contribution is -0.385. The molecule has 0 bridgehead atoms. The van der Waals surface area contributed by atoms with E-state index in [4.69, 9.17) is 0 Å². The Kier molecular flexibility index (Phi) is 4.28. The van der Waals surface area contributed by atoms with E-state index in [1.807, 2.05) is 6.07 Å². The number of nitrogens with zero attached hydrogens (tertiary/aromatic N) is 2. The highest BCUT2D eigenvalue weighted by atomic mass is 16.6. The lowest BCUT2D eigenvalue weighted by atomic mass is 9.96. The molecule has 1 N–H and O–H groups in total. The molecule has 1 fully saturated rings. The van der Waals surface area contributed by atoms with E-state index >= 15 is 0 Å². The first-order valence-electron chi connectivity index (χ1n) is 7.11. The van der Waals surface area contributed by atoms with Crippen LogP contribution in [0.25, 0.3) is 0 Å². The van der Waals surface area contributed by atoms with Gasteiger partial charge in [-0.05, 0) is 39.9 Å². The van der Waals surface area contributed by atoms with Gasteiger partial charge in [0.25, 0.3) is 5.69 Å². The zero-order chi connectivity index (χ0) is 14.8. The molecule has 5 nitrogen and oxygen atoms in total. The first-order valence-corrected chi connectivity index (χ1v) is 7.11. The molecule has 1 aliphatic carbocycles. The largest absolute Gasteiger partial charge is 0.383 e. The molecule has 0 amide bonds. The number of hydrogen-bond acceptors (Lipinski definition) is 4. The average molecular weight is 277 g/mol. The Labute approximate surface area is 120 Å². The second-order valence-electron chi connectivity index (χ2n) is 5.94. The fraction of sp³-hybridized carbons (Fsp3) is 0.600. The summed E-state index contributed by atoms with van der Waals surface area (Å²) in [6.45, 7) is 2.60. The standard InChI is InChI=1S/C15H23N3O2/c1-12-6-7-13(10-14(12)18(19)20)16-11-15(17(2)3)8-4-5-9-15/h6-7,10,16H,4-5,8-9,11H2,1-3H3. The van der Waals surface area contributed by atoms with Crippen LogP contribution in [-0.2, 0) is 0 Å². The summed E-state index contributed by atoms with van der Waals surface area (Å²) in [4.78, 5) is 12.9. The van der Waals surface area contributed by atoms with Crippen LogP contribution in [0.15, 0.2) is 18.2 Å². The van der Waals surface area contributed by atoms with E-state index in [1.54, 1.807) is 19.1 Å². The summed E-state index contributed by atoms with van der Waals surface area (Å²) in [5, 5.41) is 14.4. The molecule has 1 aliphatic rings. The Morgan fingerprint density at radius 1 is 1.35 bits per heavy atom. The lowest BCUT2D eigenvalue weighted by Gasteiger charge is -2.36. The molecule has 2 rings (SSSR count). The Balaban J connectivity index is 2.10. The minimum absolute atomic E-state index is 0.180. The summed E-state index contributed by atoms with van der Waals surface area (Å²) >= 11 is 0. The van der Waals surface area contributed by atoms with Gasteiger partial charge in [-0.15, -0.1) is 0 Å². The van der Waals surface area contributed by atoms with Gasteiger partial charge < -0.3 is 10.2 Å². The average Bonchev–Trinajstić information content (AvgIpc) is 2.87.